The van der Waals surface area contributed by atoms with Gasteiger partial charge in [-0.2, -0.15) is 0 Å². The Morgan fingerprint density at radius 2 is 0.932 bits per heavy atom. The van der Waals surface area contributed by atoms with Gasteiger partial charge in [-0.3, -0.25) is 0 Å². The quantitative estimate of drug-likeness (QED) is 0.276. The number of aliphatic hydroxyl groups is 2. The first-order chi connectivity index (χ1) is 28.5. The van der Waals surface area contributed by atoms with Crippen molar-refractivity contribution in [2.24, 2.45) is 11.8 Å². The number of halogens is 3. The SMILES string of the molecule is CN1CCN(CC2CCCCCCCCCCC2(O)Cc2ccc(Cl)cc2Cl)CC1.CN1CCN(CC2CCCCCCCCCCC2(O)Cc2cccc(Cl)c2)CC1. The van der Waals surface area contributed by atoms with Crippen molar-refractivity contribution >= 4 is 34.8 Å². The van der Waals surface area contributed by atoms with E-state index in [0.29, 0.717) is 22.4 Å². The fourth-order valence-electron chi connectivity index (χ4n) is 10.4. The van der Waals surface area contributed by atoms with Crippen LogP contribution in [0.5, 0.6) is 0 Å². The molecular formula is C50H81Cl3N4O2. The molecule has 0 radical (unpaired) electrons. The van der Waals surface area contributed by atoms with Crippen LogP contribution < -0.4 is 0 Å². The lowest BCUT2D eigenvalue weighted by atomic mass is 9.75. The number of rotatable bonds is 8. The molecule has 0 spiro atoms. The van der Waals surface area contributed by atoms with Crippen LogP contribution in [-0.4, -0.2) is 121 Å². The Morgan fingerprint density at radius 3 is 1.39 bits per heavy atom. The van der Waals surface area contributed by atoms with E-state index < -0.39 is 11.2 Å². The zero-order chi connectivity index (χ0) is 41.9. The molecule has 2 saturated heterocycles. The largest absolute Gasteiger partial charge is 0.389 e. The third kappa shape index (κ3) is 17.3. The Hall–Kier alpha value is -0.930. The van der Waals surface area contributed by atoms with Crippen LogP contribution in [0.3, 0.4) is 0 Å². The summed E-state index contributed by atoms with van der Waals surface area (Å²) in [6.45, 7) is 11.0. The first-order valence-electron chi connectivity index (χ1n) is 24.0. The smallest absolute Gasteiger partial charge is 0.0728 e. The maximum Gasteiger partial charge on any atom is 0.0728 e. The summed E-state index contributed by atoms with van der Waals surface area (Å²) in [5, 5.41) is 26.3. The van der Waals surface area contributed by atoms with Crippen molar-refractivity contribution in [2.75, 3.05) is 79.5 Å². The van der Waals surface area contributed by atoms with Crippen molar-refractivity contribution in [3.05, 3.63) is 68.7 Å². The molecule has 2 N–H and O–H groups in total. The van der Waals surface area contributed by atoms with Crippen LogP contribution in [0.25, 0.3) is 0 Å². The van der Waals surface area contributed by atoms with Crippen LogP contribution >= 0.6 is 34.8 Å². The summed E-state index contributed by atoms with van der Waals surface area (Å²) < 4.78 is 0. The van der Waals surface area contributed by atoms with Gasteiger partial charge in [0.1, 0.15) is 0 Å². The first-order valence-corrected chi connectivity index (χ1v) is 25.1. The lowest BCUT2D eigenvalue weighted by molar-refractivity contribution is -0.0483. The molecule has 4 unspecified atom stereocenters. The fourth-order valence-corrected chi connectivity index (χ4v) is 11.1. The standard InChI is InChI=1S/C25H40Cl2N2O.C25H41ClN2O/c1-28-14-16-29(17-15-28)20-22-10-8-6-4-2-3-5-7-9-13-25(22,30)19-21-11-12-23(26)18-24(21)27;1-27-15-17-28(18-16-27)21-23-12-8-6-4-2-3-5-7-9-14-25(23,29)20-22-11-10-13-24(26)19-22/h11-12,18,22,30H,2-10,13-17,19-20H2,1H3;10-11,13,19,23,29H,2-9,12,14-18,20-21H2,1H3. The van der Waals surface area contributed by atoms with Crippen LogP contribution in [0.2, 0.25) is 15.1 Å². The zero-order valence-electron chi connectivity index (χ0n) is 37.1. The molecule has 6 rings (SSSR count). The highest BCUT2D eigenvalue weighted by atomic mass is 35.5. The number of piperazine rings is 2. The summed E-state index contributed by atoms with van der Waals surface area (Å²) in [5.41, 5.74) is 0.863. The number of nitrogens with zero attached hydrogens (tertiary/aromatic N) is 4. The molecule has 2 aliphatic heterocycles. The van der Waals surface area contributed by atoms with E-state index in [0.717, 1.165) is 121 Å². The van der Waals surface area contributed by atoms with Crippen molar-refractivity contribution in [1.29, 1.82) is 0 Å². The van der Waals surface area contributed by atoms with Gasteiger partial charge >= 0.3 is 0 Å². The van der Waals surface area contributed by atoms with Crippen molar-refractivity contribution in [2.45, 2.75) is 152 Å². The molecule has 4 aliphatic rings. The third-order valence-corrected chi connectivity index (χ3v) is 15.2. The summed E-state index contributed by atoms with van der Waals surface area (Å²) in [5.74, 6) is 0.622. The molecule has 2 aromatic rings. The lowest BCUT2D eigenvalue weighted by Crippen LogP contribution is -2.51. The first kappa shape index (κ1) is 49.1. The molecule has 2 saturated carbocycles. The van der Waals surface area contributed by atoms with E-state index in [1.807, 2.05) is 36.4 Å². The molecule has 0 amide bonds. The molecule has 0 bridgehead atoms. The second kappa shape index (κ2) is 26.0. The summed E-state index contributed by atoms with van der Waals surface area (Å²) in [7, 11) is 4.41. The average molecular weight is 877 g/mol. The highest BCUT2D eigenvalue weighted by Gasteiger charge is 2.39. The van der Waals surface area contributed by atoms with E-state index >= 15 is 0 Å². The predicted molar refractivity (Wildman–Crippen MR) is 252 cm³/mol. The topological polar surface area (TPSA) is 53.4 Å². The lowest BCUT2D eigenvalue weighted by Gasteiger charge is -2.42. The van der Waals surface area contributed by atoms with Gasteiger partial charge in [0.05, 0.1) is 11.2 Å². The van der Waals surface area contributed by atoms with E-state index in [9.17, 15) is 10.2 Å². The zero-order valence-corrected chi connectivity index (χ0v) is 39.4. The minimum absolute atomic E-state index is 0.284. The number of hydrogen-bond acceptors (Lipinski definition) is 6. The van der Waals surface area contributed by atoms with Gasteiger partial charge in [-0.25, -0.2) is 0 Å². The maximum atomic E-state index is 12.1. The van der Waals surface area contributed by atoms with Gasteiger partial charge in [-0.05, 0) is 75.2 Å². The molecule has 59 heavy (non-hydrogen) atoms. The Kier molecular flexibility index (Phi) is 21.6. The molecule has 2 aliphatic carbocycles. The Morgan fingerprint density at radius 1 is 0.508 bits per heavy atom. The second-order valence-electron chi connectivity index (χ2n) is 19.3. The van der Waals surface area contributed by atoms with Gasteiger partial charge in [0.2, 0.25) is 0 Å². The van der Waals surface area contributed by atoms with Gasteiger partial charge < -0.3 is 29.8 Å². The highest BCUT2D eigenvalue weighted by molar-refractivity contribution is 6.35. The van der Waals surface area contributed by atoms with Crippen LogP contribution in [0.15, 0.2) is 42.5 Å². The monoisotopic (exact) mass is 875 g/mol. The van der Waals surface area contributed by atoms with Crippen molar-refractivity contribution in [3.8, 4) is 0 Å². The molecule has 6 nitrogen and oxygen atoms in total. The third-order valence-electron chi connectivity index (χ3n) is 14.4. The fraction of sp³-hybridized carbons (Fsp3) is 0.760. The van der Waals surface area contributed by atoms with Gasteiger partial charge in [-0.1, -0.05) is 156 Å². The molecule has 9 heteroatoms. The van der Waals surface area contributed by atoms with Crippen LogP contribution in [0, 0.1) is 11.8 Å². The van der Waals surface area contributed by atoms with Crippen LogP contribution in [0.1, 0.15) is 140 Å². The summed E-state index contributed by atoms with van der Waals surface area (Å²) in [6, 6.07) is 13.8. The number of hydrogen-bond donors (Lipinski definition) is 2. The molecule has 334 valence electrons. The van der Waals surface area contributed by atoms with Gasteiger partial charge in [0.25, 0.3) is 0 Å². The maximum absolute atomic E-state index is 12.1. The van der Waals surface area contributed by atoms with Crippen molar-refractivity contribution in [1.82, 2.24) is 19.6 Å². The van der Waals surface area contributed by atoms with E-state index in [2.05, 4.69) is 39.8 Å². The normalized spacial score (nSPS) is 28.9. The summed E-state index contributed by atoms with van der Waals surface area (Å²) in [4.78, 5) is 9.98. The van der Waals surface area contributed by atoms with Crippen molar-refractivity contribution < 1.29 is 10.2 Å². The van der Waals surface area contributed by atoms with E-state index in [1.54, 1.807) is 0 Å². The highest BCUT2D eigenvalue weighted by Crippen LogP contribution is 2.37. The van der Waals surface area contributed by atoms with E-state index in [4.69, 9.17) is 34.8 Å². The Bertz CT molecular complexity index is 1470. The Labute approximate surface area is 375 Å². The van der Waals surface area contributed by atoms with Crippen LogP contribution in [0.4, 0.5) is 0 Å². The van der Waals surface area contributed by atoms with Crippen LogP contribution in [-0.2, 0) is 12.8 Å². The minimum atomic E-state index is -0.708. The summed E-state index contributed by atoms with van der Waals surface area (Å²) >= 11 is 18.9. The molecule has 2 heterocycles. The number of benzene rings is 2. The molecule has 4 fully saturated rings. The molecule has 0 aromatic heterocycles. The number of likely N-dealkylation sites (N-methyl/N-ethyl adjacent to an activating group) is 2. The summed E-state index contributed by atoms with van der Waals surface area (Å²) in [6.07, 6.45) is 25.9. The predicted octanol–water partition coefficient (Wildman–Crippen LogP) is 11.4. The van der Waals surface area contributed by atoms with Gasteiger partial charge in [0, 0.05) is 105 Å². The van der Waals surface area contributed by atoms with E-state index in [1.165, 1.54) is 95.5 Å². The average Bonchev–Trinajstić information content (AvgIpc) is 3.20. The minimum Gasteiger partial charge on any atom is -0.389 e. The second-order valence-corrected chi connectivity index (χ2v) is 20.5. The molecular weight excluding hydrogens is 795 g/mol. The van der Waals surface area contributed by atoms with E-state index in [-0.39, 0.29) is 5.92 Å². The molecule has 2 aromatic carbocycles. The van der Waals surface area contributed by atoms with Gasteiger partial charge in [-0.15, -0.1) is 0 Å². The van der Waals surface area contributed by atoms with Crippen molar-refractivity contribution in [3.63, 3.8) is 0 Å². The van der Waals surface area contributed by atoms with Gasteiger partial charge in [0.15, 0.2) is 0 Å². The molecule has 4 atom stereocenters. The Balaban J connectivity index is 0.000000224.